The van der Waals surface area contributed by atoms with Gasteiger partial charge in [0.15, 0.2) is 0 Å². The standard InChI is InChI=1S/C58H65ClFN5O16/c1-24-11-10-12-25(2)55(74)62-42-45(64-20-31(21-64)56(75)61-32-15-17-63(22-32)44-36(60)19-34-43(41(44)59)65(33-13-14-33)23-35(49(34)70)57(76)77)51(72)38-39(50(42)71)48(69)29(6)53-40(38)54(73)58(8,81-53)79-18-16-37(78-9)26(3)52(80-30(7)66)28(5)47(68)27(4)46(24)67/h10-12,16,18-19,23-24,26-28,31-33,37,46-47,52,67-69H,13-15,17,20-22H2,1-9H3,(H,61,75)(H,62,74)(H,76,77)/t24-,26+,27+,28+,32?,37-,46-,47+,52+,58-/m0/s1. The van der Waals surface area contributed by atoms with E-state index in [0.717, 1.165) is 12.3 Å². The number of ketones is 3. The molecule has 2 amide bonds. The number of aliphatic hydroxyl groups is 2. The van der Waals surface area contributed by atoms with Crippen LogP contribution in [0.4, 0.5) is 10.1 Å². The van der Waals surface area contributed by atoms with Crippen molar-refractivity contribution in [3.05, 3.63) is 109 Å². The third-order valence-electron chi connectivity index (χ3n) is 16.7. The number of esters is 1. The van der Waals surface area contributed by atoms with Gasteiger partial charge in [-0.15, -0.1) is 0 Å². The van der Waals surface area contributed by atoms with Crippen LogP contribution in [0.2, 0.25) is 5.02 Å². The summed E-state index contributed by atoms with van der Waals surface area (Å²) in [4.78, 5) is 114. The molecular weight excluding hydrogens is 1080 g/mol. The molecule has 2 saturated heterocycles. The Labute approximate surface area is 470 Å². The van der Waals surface area contributed by atoms with E-state index in [1.165, 1.54) is 64.1 Å². The molecule has 6 N–H and O–H groups in total. The van der Waals surface area contributed by atoms with Crippen LogP contribution in [-0.4, -0.2) is 141 Å². The van der Waals surface area contributed by atoms with Crippen LogP contribution in [0.1, 0.15) is 121 Å². The highest BCUT2D eigenvalue weighted by Crippen LogP contribution is 2.50. The quantitative estimate of drug-likeness (QED) is 0.153. The summed E-state index contributed by atoms with van der Waals surface area (Å²) in [6.07, 6.45) is 5.89. The summed E-state index contributed by atoms with van der Waals surface area (Å²) in [5.41, 5.74) is -3.61. The Morgan fingerprint density at radius 2 is 1.60 bits per heavy atom. The lowest BCUT2D eigenvalue weighted by atomic mass is 9.78. The van der Waals surface area contributed by atoms with Crippen molar-refractivity contribution in [3.63, 3.8) is 0 Å². The molecule has 1 unspecified atom stereocenters. The van der Waals surface area contributed by atoms with Crippen molar-refractivity contribution in [1.82, 2.24) is 20.1 Å². The SMILES string of the molecule is CO[C@H]1C=CO[C@@]2(C)Oc3c(C)c(O)c4c(c3C2=O)C(=O)C(N2CC(C(=O)NC3CCN(c5c(F)cc6c(=O)c(C(=O)O)cn(C7CC7)c6c5Cl)C3)C2)=C(NC(=O)C(C)=CC=C[C@H](C)[C@H](O)[C@@H](C)[C@@H](O)[C@@H](C)[C@H](OC(C)=O)[C@@H]1C)C4=O. The van der Waals surface area contributed by atoms with E-state index in [4.69, 9.17) is 30.5 Å². The predicted molar refractivity (Wildman–Crippen MR) is 290 cm³/mol. The van der Waals surface area contributed by atoms with Crippen LogP contribution in [0.5, 0.6) is 11.5 Å². The van der Waals surface area contributed by atoms with Gasteiger partial charge in [0.05, 0.1) is 68.8 Å². The highest BCUT2D eigenvalue weighted by atomic mass is 35.5. The number of allylic oxidation sites excluding steroid dienone is 4. The molecular formula is C58H65ClFN5O16. The molecule has 2 aromatic carbocycles. The Morgan fingerprint density at radius 1 is 0.914 bits per heavy atom. The number of carboxylic acids is 1. The first-order chi connectivity index (χ1) is 38.2. The minimum absolute atomic E-state index is 0.00906. The number of methoxy groups -OCH3 is 1. The molecule has 23 heteroatoms. The summed E-state index contributed by atoms with van der Waals surface area (Å²) >= 11 is 6.90. The number of carbonyl (C=O) groups excluding carboxylic acids is 6. The van der Waals surface area contributed by atoms with Crippen LogP contribution >= 0.6 is 11.6 Å². The number of aliphatic hydroxyl groups excluding tert-OH is 2. The zero-order valence-electron chi connectivity index (χ0n) is 46.1. The Hall–Kier alpha value is -7.40. The number of hydrogen-bond acceptors (Lipinski definition) is 17. The van der Waals surface area contributed by atoms with Crippen molar-refractivity contribution in [2.75, 3.05) is 38.2 Å². The van der Waals surface area contributed by atoms with Gasteiger partial charge in [-0.25, -0.2) is 9.18 Å². The Kier molecular flexibility index (Phi) is 15.9. The van der Waals surface area contributed by atoms with Crippen molar-refractivity contribution in [3.8, 4) is 11.5 Å². The molecule has 2 aliphatic carbocycles. The number of nitrogens with zero attached hydrogens (tertiary/aromatic N) is 3. The number of ether oxygens (including phenoxy) is 4. The van der Waals surface area contributed by atoms with Gasteiger partial charge in [0.1, 0.15) is 40.4 Å². The third-order valence-corrected chi connectivity index (χ3v) is 17.1. The lowest BCUT2D eigenvalue weighted by Crippen LogP contribution is -2.57. The number of rotatable bonds is 8. The monoisotopic (exact) mass is 1140 g/mol. The van der Waals surface area contributed by atoms with Gasteiger partial charge in [-0.1, -0.05) is 57.5 Å². The molecule has 0 radical (unpaired) electrons. The molecule has 0 spiro atoms. The fourth-order valence-electron chi connectivity index (χ4n) is 11.7. The fraction of sp³-hybridized carbons (Fsp3) is 0.483. The number of aromatic hydroxyl groups is 1. The van der Waals surface area contributed by atoms with Crippen molar-refractivity contribution in [1.29, 1.82) is 0 Å². The number of amides is 2. The highest BCUT2D eigenvalue weighted by molar-refractivity contribution is 6.38. The van der Waals surface area contributed by atoms with E-state index in [9.17, 15) is 54.0 Å². The van der Waals surface area contributed by atoms with Gasteiger partial charge in [0.25, 0.3) is 11.7 Å². The average molecular weight is 1140 g/mol. The number of phenolic OH excluding ortho intramolecular Hbond substituents is 1. The molecule has 432 valence electrons. The predicted octanol–water partition coefficient (Wildman–Crippen LogP) is 5.43. The molecule has 10 atom stereocenters. The number of fused-ring (bicyclic) bond motifs is 15. The second kappa shape index (κ2) is 22.2. The number of hydrogen-bond donors (Lipinski definition) is 6. The van der Waals surface area contributed by atoms with E-state index < -0.39 is 146 Å². The van der Waals surface area contributed by atoms with E-state index >= 15 is 9.18 Å². The number of likely N-dealkylation sites (tertiary alicyclic amines) is 1. The Balaban J connectivity index is 1.02. The van der Waals surface area contributed by atoms with Crippen LogP contribution in [0.15, 0.2) is 64.6 Å². The molecule has 21 nitrogen and oxygen atoms in total. The van der Waals surface area contributed by atoms with E-state index in [0.29, 0.717) is 19.3 Å². The van der Waals surface area contributed by atoms with Gasteiger partial charge in [0.2, 0.25) is 22.9 Å². The Morgan fingerprint density at radius 3 is 2.25 bits per heavy atom. The van der Waals surface area contributed by atoms with Gasteiger partial charge in [-0.05, 0) is 45.3 Å². The summed E-state index contributed by atoms with van der Waals surface area (Å²) in [7, 11) is 1.39. The first-order valence-electron chi connectivity index (χ1n) is 26.8. The number of anilines is 1. The largest absolute Gasteiger partial charge is 0.507 e. The number of aromatic nitrogens is 1. The van der Waals surface area contributed by atoms with Gasteiger partial charge >= 0.3 is 17.7 Å². The molecule has 5 bridgehead atoms. The maximum Gasteiger partial charge on any atom is 0.341 e. The highest BCUT2D eigenvalue weighted by Gasteiger charge is 2.54. The number of benzene rings is 2. The van der Waals surface area contributed by atoms with Crippen LogP contribution in [0, 0.1) is 42.3 Å². The average Bonchev–Trinajstić information content (AvgIpc) is 4.35. The van der Waals surface area contributed by atoms with Gasteiger partial charge in [0, 0.05) is 100 Å². The number of phenols is 1. The van der Waals surface area contributed by atoms with Crippen LogP contribution in [-0.2, 0) is 28.6 Å². The van der Waals surface area contributed by atoms with E-state index in [2.05, 4.69) is 10.6 Å². The Bertz CT molecular complexity index is 3400. The normalized spacial score (nSPS) is 28.4. The molecule has 10 rings (SSSR count). The number of nitrogens with one attached hydrogen (secondary N) is 2. The second-order valence-electron chi connectivity index (χ2n) is 22.3. The summed E-state index contributed by atoms with van der Waals surface area (Å²) in [5, 5.41) is 49.9. The first kappa shape index (κ1) is 58.3. The lowest BCUT2D eigenvalue weighted by molar-refractivity contribution is -0.160. The van der Waals surface area contributed by atoms with Gasteiger partial charge in [-0.2, -0.15) is 0 Å². The summed E-state index contributed by atoms with van der Waals surface area (Å²) < 4.78 is 41.3. The topological polar surface area (TPSA) is 290 Å². The molecule has 7 aliphatic rings. The molecule has 3 aromatic rings. The molecule has 6 heterocycles. The van der Waals surface area contributed by atoms with Crippen LogP contribution in [0.25, 0.3) is 10.9 Å². The van der Waals surface area contributed by atoms with Gasteiger partial charge < -0.3 is 64.4 Å². The number of carboxylic acid groups (broad SMARTS) is 1. The first-order valence-corrected chi connectivity index (χ1v) is 27.2. The minimum Gasteiger partial charge on any atom is -0.507 e. The summed E-state index contributed by atoms with van der Waals surface area (Å²) in [5.74, 6) is -13.9. The van der Waals surface area contributed by atoms with Crippen LogP contribution in [0.3, 0.4) is 0 Å². The van der Waals surface area contributed by atoms with Crippen molar-refractivity contribution < 1.29 is 77.3 Å². The smallest absolute Gasteiger partial charge is 0.341 e. The number of carbonyl (C=O) groups is 7. The van der Waals surface area contributed by atoms with Crippen molar-refractivity contribution in [2.45, 2.75) is 117 Å². The maximum absolute atomic E-state index is 16.0. The summed E-state index contributed by atoms with van der Waals surface area (Å²) in [6.45, 7) is 12.1. The van der Waals surface area contributed by atoms with E-state index in [-0.39, 0.29) is 82.0 Å². The van der Waals surface area contributed by atoms with Gasteiger partial charge in [-0.3, -0.25) is 33.6 Å². The van der Waals surface area contributed by atoms with E-state index in [1.807, 2.05) is 0 Å². The number of Topliss-reactive ketones (excluding diaryl/α,β-unsaturated/α-hetero) is 3. The number of aromatic carboxylic acids is 1. The summed E-state index contributed by atoms with van der Waals surface area (Å²) in [6, 6.07) is 0.336. The second-order valence-corrected chi connectivity index (χ2v) is 22.7. The molecule has 5 aliphatic heterocycles. The third kappa shape index (κ3) is 10.4. The zero-order chi connectivity index (χ0) is 59.0. The minimum atomic E-state index is -2.20. The molecule has 3 fully saturated rings. The maximum atomic E-state index is 16.0. The molecule has 1 aromatic heterocycles. The van der Waals surface area contributed by atoms with E-state index in [1.54, 1.807) is 43.2 Å². The number of pyridine rings is 1. The van der Waals surface area contributed by atoms with Crippen molar-refractivity contribution >= 4 is 69.3 Å². The fourth-order valence-corrected chi connectivity index (χ4v) is 12.1. The van der Waals surface area contributed by atoms with Crippen molar-refractivity contribution in [2.24, 2.45) is 29.6 Å². The molecule has 1 saturated carbocycles. The van der Waals surface area contributed by atoms with Crippen LogP contribution < -0.4 is 25.7 Å². The number of halogens is 2. The lowest BCUT2D eigenvalue weighted by Gasteiger charge is -2.43. The zero-order valence-corrected chi connectivity index (χ0v) is 46.9. The molecule has 81 heavy (non-hydrogen) atoms.